The molecule has 0 radical (unpaired) electrons. The molecule has 0 atom stereocenters. The predicted octanol–water partition coefficient (Wildman–Crippen LogP) is 1.66. The van der Waals surface area contributed by atoms with Gasteiger partial charge in [0.2, 0.25) is 0 Å². The van der Waals surface area contributed by atoms with E-state index in [2.05, 4.69) is 10.4 Å². The molecule has 0 unspecified atom stereocenters. The summed E-state index contributed by atoms with van der Waals surface area (Å²) in [4.78, 5) is 24.3. The van der Waals surface area contributed by atoms with E-state index in [0.29, 0.717) is 40.3 Å². The Morgan fingerprint density at radius 1 is 1.30 bits per heavy atom. The second kappa shape index (κ2) is 7.41. The number of thiophene rings is 1. The van der Waals surface area contributed by atoms with E-state index in [1.165, 1.54) is 11.3 Å². The number of carbonyl (C=O) groups excluding carboxylic acids is 1. The van der Waals surface area contributed by atoms with Gasteiger partial charge in [-0.1, -0.05) is 11.6 Å². The van der Waals surface area contributed by atoms with Gasteiger partial charge in [-0.25, -0.2) is 4.79 Å². The highest BCUT2D eigenvalue weighted by atomic mass is 35.5. The fraction of sp³-hybridized carbons (Fsp3) is 0.250. The topological polar surface area (TPSA) is 97.5 Å². The average molecular weight is 409 g/mol. The molecule has 27 heavy (non-hydrogen) atoms. The number of fused-ring (bicyclic) bond motifs is 1. The number of rotatable bonds is 5. The molecule has 0 fully saturated rings. The van der Waals surface area contributed by atoms with Gasteiger partial charge in [-0.05, 0) is 45.6 Å². The minimum absolute atomic E-state index is 0.0248. The van der Waals surface area contributed by atoms with Crippen LogP contribution in [0.1, 0.15) is 5.56 Å². The van der Waals surface area contributed by atoms with Crippen molar-refractivity contribution >= 4 is 28.9 Å². The Morgan fingerprint density at radius 2 is 2.15 bits per heavy atom. The van der Waals surface area contributed by atoms with Gasteiger partial charge in [0, 0.05) is 0 Å². The van der Waals surface area contributed by atoms with Gasteiger partial charge >= 0.3 is 11.7 Å². The molecule has 0 N–H and O–H groups in total. The Balaban J connectivity index is 1.41. The SMILES string of the molecule is O=C(Cn1nnn(-c2cccs2)c1=O)OCc1cc(Cl)c2c(c1)OCCO2. The number of ether oxygens (including phenoxy) is 3. The molecule has 3 aromatic rings. The molecule has 1 aliphatic heterocycles. The maximum absolute atomic E-state index is 12.2. The molecule has 1 aromatic carbocycles. The Morgan fingerprint density at radius 3 is 2.96 bits per heavy atom. The molecule has 3 heterocycles. The molecule has 0 amide bonds. The van der Waals surface area contributed by atoms with Crippen LogP contribution in [-0.4, -0.2) is 39.0 Å². The van der Waals surface area contributed by atoms with E-state index in [4.69, 9.17) is 25.8 Å². The van der Waals surface area contributed by atoms with E-state index in [1.54, 1.807) is 24.3 Å². The third kappa shape index (κ3) is 3.67. The van der Waals surface area contributed by atoms with Gasteiger partial charge in [-0.3, -0.25) is 4.79 Å². The maximum atomic E-state index is 12.2. The van der Waals surface area contributed by atoms with Crippen LogP contribution in [-0.2, 0) is 22.7 Å². The van der Waals surface area contributed by atoms with Gasteiger partial charge in [-0.15, -0.1) is 11.3 Å². The fourth-order valence-corrected chi connectivity index (χ4v) is 3.44. The summed E-state index contributed by atoms with van der Waals surface area (Å²) in [7, 11) is 0. The van der Waals surface area contributed by atoms with Crippen molar-refractivity contribution in [2.75, 3.05) is 13.2 Å². The van der Waals surface area contributed by atoms with Gasteiger partial charge in [0.05, 0.1) is 5.02 Å². The first-order valence-electron chi connectivity index (χ1n) is 7.92. The zero-order valence-corrected chi connectivity index (χ0v) is 15.4. The van der Waals surface area contributed by atoms with Crippen molar-refractivity contribution in [3.63, 3.8) is 0 Å². The van der Waals surface area contributed by atoms with Crippen LogP contribution in [0, 0.1) is 0 Å². The van der Waals surface area contributed by atoms with Crippen molar-refractivity contribution in [1.82, 2.24) is 19.8 Å². The lowest BCUT2D eigenvalue weighted by Gasteiger charge is -2.20. The van der Waals surface area contributed by atoms with Crippen LogP contribution in [0.4, 0.5) is 0 Å². The smallest absolute Gasteiger partial charge is 0.369 e. The minimum Gasteiger partial charge on any atom is -0.486 e. The Labute approximate surface area is 161 Å². The molecule has 4 rings (SSSR count). The first-order valence-corrected chi connectivity index (χ1v) is 9.18. The highest BCUT2D eigenvalue weighted by Crippen LogP contribution is 2.38. The summed E-state index contributed by atoms with van der Waals surface area (Å²) >= 11 is 7.49. The highest BCUT2D eigenvalue weighted by Gasteiger charge is 2.18. The number of tetrazole rings is 1. The average Bonchev–Trinajstić information content (AvgIpc) is 3.31. The molecule has 9 nitrogen and oxygen atoms in total. The van der Waals surface area contributed by atoms with E-state index in [1.807, 2.05) is 5.38 Å². The molecule has 0 saturated heterocycles. The minimum atomic E-state index is -0.624. The van der Waals surface area contributed by atoms with Gasteiger partial charge in [-0.2, -0.15) is 9.36 Å². The van der Waals surface area contributed by atoms with Crippen LogP contribution in [0.15, 0.2) is 34.4 Å². The zero-order valence-electron chi connectivity index (χ0n) is 13.8. The standard InChI is InChI=1S/C16H13ClN4O5S/c17-11-6-10(7-12-15(11)25-4-3-24-12)9-26-14(22)8-20-16(23)21(19-18-20)13-2-1-5-27-13/h1-2,5-7H,3-4,8-9H2. The Bertz CT molecular complexity index is 1030. The monoisotopic (exact) mass is 408 g/mol. The van der Waals surface area contributed by atoms with Crippen molar-refractivity contribution in [3.8, 4) is 16.5 Å². The summed E-state index contributed by atoms with van der Waals surface area (Å²) in [5, 5.41) is 10.3. The summed E-state index contributed by atoms with van der Waals surface area (Å²) in [5.41, 5.74) is 0.129. The molecule has 0 spiro atoms. The summed E-state index contributed by atoms with van der Waals surface area (Å²) in [6.45, 7) is 0.489. The van der Waals surface area contributed by atoms with Crippen molar-refractivity contribution in [3.05, 3.63) is 50.7 Å². The zero-order chi connectivity index (χ0) is 18.8. The van der Waals surface area contributed by atoms with Gasteiger partial charge < -0.3 is 14.2 Å². The van der Waals surface area contributed by atoms with Crippen molar-refractivity contribution in [2.24, 2.45) is 0 Å². The molecule has 0 aliphatic carbocycles. The van der Waals surface area contributed by atoms with Crippen LogP contribution < -0.4 is 15.2 Å². The number of aromatic nitrogens is 4. The summed E-state index contributed by atoms with van der Waals surface area (Å²) < 4.78 is 18.2. The molecule has 0 bridgehead atoms. The maximum Gasteiger partial charge on any atom is 0.369 e. The number of halogens is 1. The number of carbonyl (C=O) groups is 1. The van der Waals surface area contributed by atoms with Crippen molar-refractivity contribution in [1.29, 1.82) is 0 Å². The fourth-order valence-electron chi connectivity index (χ4n) is 2.48. The number of esters is 1. The van der Waals surface area contributed by atoms with E-state index in [-0.39, 0.29) is 13.2 Å². The first-order chi connectivity index (χ1) is 13.1. The number of nitrogens with zero attached hydrogens (tertiary/aromatic N) is 4. The normalized spacial score (nSPS) is 12.8. The second-order valence-electron chi connectivity index (χ2n) is 5.54. The number of benzene rings is 1. The molecule has 1 aliphatic rings. The van der Waals surface area contributed by atoms with Crippen LogP contribution in [0.25, 0.3) is 5.00 Å². The van der Waals surface area contributed by atoms with Gasteiger partial charge in [0.15, 0.2) is 11.5 Å². The van der Waals surface area contributed by atoms with E-state index in [0.717, 1.165) is 9.36 Å². The van der Waals surface area contributed by atoms with Gasteiger partial charge in [0.1, 0.15) is 31.4 Å². The predicted molar refractivity (Wildman–Crippen MR) is 95.7 cm³/mol. The van der Waals surface area contributed by atoms with E-state index in [9.17, 15) is 9.59 Å². The lowest BCUT2D eigenvalue weighted by Crippen LogP contribution is -2.27. The van der Waals surface area contributed by atoms with Gasteiger partial charge in [0.25, 0.3) is 0 Å². The molecular formula is C16H13ClN4O5S. The Hall–Kier alpha value is -2.85. The van der Waals surface area contributed by atoms with E-state index < -0.39 is 11.7 Å². The van der Waals surface area contributed by atoms with Crippen molar-refractivity contribution < 1.29 is 19.0 Å². The highest BCUT2D eigenvalue weighted by molar-refractivity contribution is 7.12. The molecule has 0 saturated carbocycles. The summed E-state index contributed by atoms with van der Waals surface area (Å²) in [6.07, 6.45) is 0. The number of hydrogen-bond acceptors (Lipinski definition) is 8. The van der Waals surface area contributed by atoms with Crippen molar-refractivity contribution in [2.45, 2.75) is 13.2 Å². The molecule has 140 valence electrons. The largest absolute Gasteiger partial charge is 0.486 e. The lowest BCUT2D eigenvalue weighted by atomic mass is 10.2. The van der Waals surface area contributed by atoms with Crippen LogP contribution in [0.2, 0.25) is 5.02 Å². The summed E-state index contributed by atoms with van der Waals surface area (Å²) in [5.74, 6) is 0.367. The van der Waals surface area contributed by atoms with Crippen LogP contribution in [0.5, 0.6) is 11.5 Å². The Kier molecular flexibility index (Phi) is 4.82. The van der Waals surface area contributed by atoms with Crippen LogP contribution in [0.3, 0.4) is 0 Å². The summed E-state index contributed by atoms with van der Waals surface area (Å²) in [6, 6.07) is 6.86. The third-order valence-corrected chi connectivity index (χ3v) is 4.81. The molecule has 11 heteroatoms. The van der Waals surface area contributed by atoms with Crippen LogP contribution >= 0.6 is 22.9 Å². The molecular weight excluding hydrogens is 396 g/mol. The lowest BCUT2D eigenvalue weighted by molar-refractivity contribution is -0.146. The molecule has 2 aromatic heterocycles. The second-order valence-corrected chi connectivity index (χ2v) is 6.88. The quantitative estimate of drug-likeness (QED) is 0.592. The number of hydrogen-bond donors (Lipinski definition) is 0. The van der Waals surface area contributed by atoms with E-state index >= 15 is 0 Å². The third-order valence-electron chi connectivity index (χ3n) is 3.69. The first kappa shape index (κ1) is 17.6.